The summed E-state index contributed by atoms with van der Waals surface area (Å²) in [6, 6.07) is 7.30. The maximum atomic E-state index is 11.5. The Morgan fingerprint density at radius 2 is 1.93 bits per heavy atom. The lowest BCUT2D eigenvalue weighted by Gasteiger charge is -2.05. The highest BCUT2D eigenvalue weighted by Gasteiger charge is 2.09. The van der Waals surface area contributed by atoms with E-state index in [9.17, 15) is 4.79 Å². The number of carbonyl (C=O) groups excluding carboxylic acids is 1. The first-order valence-electron chi connectivity index (χ1n) is 5.04. The summed E-state index contributed by atoms with van der Waals surface area (Å²) in [6.45, 7) is 3.85. The zero-order valence-electron chi connectivity index (χ0n) is 8.79. The smallest absolute Gasteiger partial charge is 0.179 e. The summed E-state index contributed by atoms with van der Waals surface area (Å²) in [5, 5.41) is 0. The number of hydrogen-bond donors (Lipinski definition) is 1. The molecule has 1 aromatic carbocycles. The lowest BCUT2D eigenvalue weighted by molar-refractivity contribution is 0.0968. The number of Topliss-reactive ketones (excluding diaryl/α,β-unsaturated/α-hetero) is 1. The van der Waals surface area contributed by atoms with E-state index in [2.05, 4.69) is 6.92 Å². The minimum atomic E-state index is -0.410. The van der Waals surface area contributed by atoms with Crippen molar-refractivity contribution in [2.75, 3.05) is 0 Å². The Labute approximate surface area is 85.1 Å². The Balaban J connectivity index is 2.78. The minimum Gasteiger partial charge on any atom is -0.321 e. The average Bonchev–Trinajstić information content (AvgIpc) is 2.18. The Kier molecular flexibility index (Phi) is 3.84. The Morgan fingerprint density at radius 3 is 2.36 bits per heavy atom. The largest absolute Gasteiger partial charge is 0.321 e. The van der Waals surface area contributed by atoms with E-state index in [4.69, 9.17) is 5.73 Å². The molecule has 1 rings (SSSR count). The molecular formula is C12H17NO. The molecule has 14 heavy (non-hydrogen) atoms. The summed E-state index contributed by atoms with van der Waals surface area (Å²) >= 11 is 0. The van der Waals surface area contributed by atoms with Crippen LogP contribution in [0, 0.1) is 0 Å². The van der Waals surface area contributed by atoms with Gasteiger partial charge in [-0.1, -0.05) is 37.6 Å². The molecule has 0 heterocycles. The fourth-order valence-electron chi connectivity index (χ4n) is 1.39. The highest BCUT2D eigenvalue weighted by atomic mass is 16.1. The van der Waals surface area contributed by atoms with E-state index in [-0.39, 0.29) is 5.78 Å². The third-order valence-corrected chi connectivity index (χ3v) is 2.19. The molecule has 76 valence electrons. The van der Waals surface area contributed by atoms with Crippen molar-refractivity contribution >= 4 is 5.78 Å². The quantitative estimate of drug-likeness (QED) is 0.741. The Morgan fingerprint density at radius 1 is 1.36 bits per heavy atom. The van der Waals surface area contributed by atoms with Gasteiger partial charge in [-0.05, 0) is 18.9 Å². The third-order valence-electron chi connectivity index (χ3n) is 2.19. The Bertz CT molecular complexity index is 301. The van der Waals surface area contributed by atoms with Gasteiger partial charge in [0.1, 0.15) is 0 Å². The SMILES string of the molecule is CCCc1ccc(C(=O)C(C)N)cc1. The van der Waals surface area contributed by atoms with Crippen molar-refractivity contribution in [1.82, 2.24) is 0 Å². The molecule has 2 heteroatoms. The molecule has 0 saturated carbocycles. The topological polar surface area (TPSA) is 43.1 Å². The van der Waals surface area contributed by atoms with Gasteiger partial charge in [-0.2, -0.15) is 0 Å². The zero-order chi connectivity index (χ0) is 10.6. The van der Waals surface area contributed by atoms with Gasteiger partial charge < -0.3 is 5.73 Å². The van der Waals surface area contributed by atoms with Crippen molar-refractivity contribution in [3.63, 3.8) is 0 Å². The normalized spacial score (nSPS) is 12.5. The highest BCUT2D eigenvalue weighted by molar-refractivity contribution is 5.99. The fourth-order valence-corrected chi connectivity index (χ4v) is 1.39. The van der Waals surface area contributed by atoms with Crippen molar-refractivity contribution in [1.29, 1.82) is 0 Å². The number of ketones is 1. The van der Waals surface area contributed by atoms with Gasteiger partial charge >= 0.3 is 0 Å². The second-order valence-corrected chi connectivity index (χ2v) is 3.60. The van der Waals surface area contributed by atoms with Crippen LogP contribution in [-0.4, -0.2) is 11.8 Å². The van der Waals surface area contributed by atoms with Gasteiger partial charge in [0.15, 0.2) is 5.78 Å². The van der Waals surface area contributed by atoms with Gasteiger partial charge in [0.25, 0.3) is 0 Å². The van der Waals surface area contributed by atoms with E-state index in [1.54, 1.807) is 6.92 Å². The highest BCUT2D eigenvalue weighted by Crippen LogP contribution is 2.08. The number of hydrogen-bond acceptors (Lipinski definition) is 2. The van der Waals surface area contributed by atoms with Crippen molar-refractivity contribution in [2.24, 2.45) is 5.73 Å². The van der Waals surface area contributed by atoms with Crippen molar-refractivity contribution in [3.8, 4) is 0 Å². The van der Waals surface area contributed by atoms with Gasteiger partial charge in [-0.15, -0.1) is 0 Å². The monoisotopic (exact) mass is 191 g/mol. The van der Waals surface area contributed by atoms with Crippen molar-refractivity contribution in [2.45, 2.75) is 32.7 Å². The van der Waals surface area contributed by atoms with Crippen LogP contribution in [0.5, 0.6) is 0 Å². The van der Waals surface area contributed by atoms with Crippen molar-refractivity contribution < 1.29 is 4.79 Å². The van der Waals surface area contributed by atoms with Crippen LogP contribution >= 0.6 is 0 Å². The van der Waals surface area contributed by atoms with Crippen LogP contribution < -0.4 is 5.73 Å². The molecule has 0 aliphatic rings. The van der Waals surface area contributed by atoms with E-state index >= 15 is 0 Å². The lowest BCUT2D eigenvalue weighted by atomic mass is 10.0. The second kappa shape index (κ2) is 4.91. The van der Waals surface area contributed by atoms with Gasteiger partial charge in [0, 0.05) is 5.56 Å². The molecule has 0 amide bonds. The maximum absolute atomic E-state index is 11.5. The molecule has 0 spiro atoms. The summed E-state index contributed by atoms with van der Waals surface area (Å²) < 4.78 is 0. The summed E-state index contributed by atoms with van der Waals surface area (Å²) in [5.41, 5.74) is 7.50. The van der Waals surface area contributed by atoms with Gasteiger partial charge in [-0.3, -0.25) is 4.79 Å². The summed E-state index contributed by atoms with van der Waals surface area (Å²) in [4.78, 5) is 11.5. The van der Waals surface area contributed by atoms with E-state index in [0.717, 1.165) is 12.8 Å². The van der Waals surface area contributed by atoms with Crippen molar-refractivity contribution in [3.05, 3.63) is 35.4 Å². The summed E-state index contributed by atoms with van der Waals surface area (Å²) in [6.07, 6.45) is 2.19. The molecule has 1 aromatic rings. The van der Waals surface area contributed by atoms with Crippen LogP contribution in [0.4, 0.5) is 0 Å². The number of rotatable bonds is 4. The number of aryl methyl sites for hydroxylation is 1. The molecule has 1 unspecified atom stereocenters. The predicted molar refractivity (Wildman–Crippen MR) is 58.4 cm³/mol. The van der Waals surface area contributed by atoms with Crippen LogP contribution in [0.3, 0.4) is 0 Å². The first-order valence-corrected chi connectivity index (χ1v) is 5.04. The van der Waals surface area contributed by atoms with Crippen LogP contribution in [0.15, 0.2) is 24.3 Å². The predicted octanol–water partition coefficient (Wildman–Crippen LogP) is 2.17. The second-order valence-electron chi connectivity index (χ2n) is 3.60. The number of nitrogens with two attached hydrogens (primary N) is 1. The molecule has 0 fully saturated rings. The molecule has 2 N–H and O–H groups in total. The van der Waals surface area contributed by atoms with E-state index < -0.39 is 6.04 Å². The first kappa shape index (κ1) is 10.9. The molecule has 1 atom stereocenters. The van der Waals surface area contributed by atoms with E-state index in [1.807, 2.05) is 24.3 Å². The van der Waals surface area contributed by atoms with E-state index in [1.165, 1.54) is 5.56 Å². The van der Waals surface area contributed by atoms with Gasteiger partial charge in [-0.25, -0.2) is 0 Å². The third kappa shape index (κ3) is 2.67. The van der Waals surface area contributed by atoms with Crippen LogP contribution in [0.2, 0.25) is 0 Å². The van der Waals surface area contributed by atoms with Gasteiger partial charge in [0.2, 0.25) is 0 Å². The fraction of sp³-hybridized carbons (Fsp3) is 0.417. The zero-order valence-corrected chi connectivity index (χ0v) is 8.79. The molecule has 0 saturated heterocycles. The summed E-state index contributed by atoms with van der Waals surface area (Å²) in [5.74, 6) is 0.00745. The van der Waals surface area contributed by atoms with Crippen LogP contribution in [0.25, 0.3) is 0 Å². The van der Waals surface area contributed by atoms with E-state index in [0.29, 0.717) is 5.56 Å². The first-order chi connectivity index (χ1) is 6.65. The maximum Gasteiger partial charge on any atom is 0.179 e. The molecule has 0 aromatic heterocycles. The van der Waals surface area contributed by atoms with Gasteiger partial charge in [0.05, 0.1) is 6.04 Å². The molecule has 0 aliphatic heterocycles. The molecule has 0 aliphatic carbocycles. The molecule has 2 nitrogen and oxygen atoms in total. The van der Waals surface area contributed by atoms with Crippen LogP contribution in [-0.2, 0) is 6.42 Å². The van der Waals surface area contributed by atoms with Crippen LogP contribution in [0.1, 0.15) is 36.2 Å². The summed E-state index contributed by atoms with van der Waals surface area (Å²) in [7, 11) is 0. The standard InChI is InChI=1S/C12H17NO/c1-3-4-10-5-7-11(8-6-10)12(14)9(2)13/h5-9H,3-4,13H2,1-2H3. The molecule has 0 bridgehead atoms. The lowest BCUT2D eigenvalue weighted by Crippen LogP contribution is -2.26. The molecule has 0 radical (unpaired) electrons. The minimum absolute atomic E-state index is 0.00745. The average molecular weight is 191 g/mol. The molecular weight excluding hydrogens is 174 g/mol. The number of benzene rings is 1. The number of carbonyl (C=O) groups is 1. The Hall–Kier alpha value is -1.15.